The molecular weight excluding hydrogens is 192 g/mol. The van der Waals surface area contributed by atoms with Gasteiger partial charge in [-0.25, -0.2) is 0 Å². The average Bonchev–Trinajstić information content (AvgIpc) is 2.27. The van der Waals surface area contributed by atoms with Gasteiger partial charge in [0.15, 0.2) is 0 Å². The van der Waals surface area contributed by atoms with Crippen molar-refractivity contribution in [1.29, 1.82) is 0 Å². The number of amides is 1. The topological polar surface area (TPSA) is 64.3 Å². The Kier molecular flexibility index (Phi) is 4.54. The quantitative estimate of drug-likeness (QED) is 0.717. The fourth-order valence-electron chi connectivity index (χ4n) is 1.50. The first-order chi connectivity index (χ1) is 7.05. The second-order valence-corrected chi connectivity index (χ2v) is 4.97. The van der Waals surface area contributed by atoms with E-state index < -0.39 is 0 Å². The van der Waals surface area contributed by atoms with E-state index in [0.29, 0.717) is 26.3 Å². The largest absolute Gasteiger partial charge is 0.381 e. The molecule has 0 radical (unpaired) electrons. The molecule has 3 N–H and O–H groups in total. The van der Waals surface area contributed by atoms with Crippen molar-refractivity contribution in [3.63, 3.8) is 0 Å². The predicted molar refractivity (Wildman–Crippen MR) is 59.4 cm³/mol. The van der Waals surface area contributed by atoms with Gasteiger partial charge in [0.1, 0.15) is 0 Å². The summed E-state index contributed by atoms with van der Waals surface area (Å²) in [6.45, 7) is 6.76. The van der Waals surface area contributed by atoms with E-state index in [1.807, 2.05) is 0 Å². The molecule has 1 aliphatic heterocycles. The fourth-order valence-corrected chi connectivity index (χ4v) is 1.50. The van der Waals surface area contributed by atoms with E-state index in [9.17, 15) is 4.79 Å². The van der Waals surface area contributed by atoms with Crippen molar-refractivity contribution < 1.29 is 9.53 Å². The van der Waals surface area contributed by atoms with Gasteiger partial charge in [-0.05, 0) is 24.8 Å². The number of nitrogens with one attached hydrogen (secondary N) is 1. The molecule has 0 unspecified atom stereocenters. The van der Waals surface area contributed by atoms with Gasteiger partial charge in [0.05, 0.1) is 0 Å². The lowest BCUT2D eigenvalue weighted by Gasteiger charge is -2.26. The van der Waals surface area contributed by atoms with Gasteiger partial charge in [-0.3, -0.25) is 4.79 Å². The molecule has 4 heteroatoms. The first-order valence-corrected chi connectivity index (χ1v) is 5.61. The lowest BCUT2D eigenvalue weighted by atomic mass is 9.93. The minimum absolute atomic E-state index is 0.0131. The van der Waals surface area contributed by atoms with E-state index >= 15 is 0 Å². The standard InChI is InChI=1S/C11H22N2O2/c1-11(2,7-12)8-13-10(14)9-3-5-15-6-4-9/h9H,3-8,12H2,1-2H3,(H,13,14). The van der Waals surface area contributed by atoms with E-state index in [1.165, 1.54) is 0 Å². The van der Waals surface area contributed by atoms with Crippen LogP contribution in [0.3, 0.4) is 0 Å². The van der Waals surface area contributed by atoms with Crippen LogP contribution in [0, 0.1) is 11.3 Å². The lowest BCUT2D eigenvalue weighted by molar-refractivity contribution is -0.128. The Morgan fingerprint density at radius 2 is 2.07 bits per heavy atom. The highest BCUT2D eigenvalue weighted by Gasteiger charge is 2.23. The first kappa shape index (κ1) is 12.5. The molecule has 1 saturated heterocycles. The molecule has 0 aromatic rings. The summed E-state index contributed by atoms with van der Waals surface area (Å²) >= 11 is 0. The summed E-state index contributed by atoms with van der Waals surface area (Å²) in [6, 6.07) is 0. The number of carbonyl (C=O) groups excluding carboxylic acids is 1. The normalized spacial score (nSPS) is 18.9. The van der Waals surface area contributed by atoms with Crippen LogP contribution < -0.4 is 11.1 Å². The Hall–Kier alpha value is -0.610. The molecule has 0 aromatic carbocycles. The van der Waals surface area contributed by atoms with Crippen molar-refractivity contribution in [3.05, 3.63) is 0 Å². The molecule has 1 rings (SSSR count). The van der Waals surface area contributed by atoms with Gasteiger partial charge in [0, 0.05) is 25.7 Å². The molecule has 0 aromatic heterocycles. The van der Waals surface area contributed by atoms with Crippen LogP contribution in [0.1, 0.15) is 26.7 Å². The minimum atomic E-state index is -0.0131. The lowest BCUT2D eigenvalue weighted by Crippen LogP contribution is -2.42. The van der Waals surface area contributed by atoms with Crippen LogP contribution in [0.25, 0.3) is 0 Å². The van der Waals surface area contributed by atoms with Gasteiger partial charge in [-0.1, -0.05) is 13.8 Å². The fraction of sp³-hybridized carbons (Fsp3) is 0.909. The Morgan fingerprint density at radius 1 is 1.47 bits per heavy atom. The summed E-state index contributed by atoms with van der Waals surface area (Å²) in [4.78, 5) is 11.8. The number of nitrogens with two attached hydrogens (primary N) is 1. The van der Waals surface area contributed by atoms with E-state index in [0.717, 1.165) is 12.8 Å². The van der Waals surface area contributed by atoms with Crippen molar-refractivity contribution in [2.75, 3.05) is 26.3 Å². The van der Waals surface area contributed by atoms with Crippen LogP contribution in [0.15, 0.2) is 0 Å². The maximum atomic E-state index is 11.8. The summed E-state index contributed by atoms with van der Waals surface area (Å²) in [5.41, 5.74) is 5.59. The number of rotatable bonds is 4. The van der Waals surface area contributed by atoms with Gasteiger partial charge in [0.25, 0.3) is 0 Å². The summed E-state index contributed by atoms with van der Waals surface area (Å²) in [7, 11) is 0. The number of ether oxygens (including phenoxy) is 1. The first-order valence-electron chi connectivity index (χ1n) is 5.61. The second-order valence-electron chi connectivity index (χ2n) is 4.97. The van der Waals surface area contributed by atoms with E-state index in [2.05, 4.69) is 19.2 Å². The van der Waals surface area contributed by atoms with Crippen LogP contribution in [0.5, 0.6) is 0 Å². The van der Waals surface area contributed by atoms with Gasteiger partial charge in [0.2, 0.25) is 5.91 Å². The molecule has 0 saturated carbocycles. The average molecular weight is 214 g/mol. The van der Waals surface area contributed by atoms with Gasteiger partial charge in [-0.15, -0.1) is 0 Å². The minimum Gasteiger partial charge on any atom is -0.381 e. The Balaban J connectivity index is 2.28. The zero-order valence-electron chi connectivity index (χ0n) is 9.71. The van der Waals surface area contributed by atoms with Crippen LogP contribution in [-0.4, -0.2) is 32.2 Å². The van der Waals surface area contributed by atoms with Crippen LogP contribution in [-0.2, 0) is 9.53 Å². The zero-order valence-corrected chi connectivity index (χ0v) is 9.71. The van der Waals surface area contributed by atoms with Crippen LogP contribution in [0.4, 0.5) is 0 Å². The Morgan fingerprint density at radius 3 is 2.60 bits per heavy atom. The number of hydrogen-bond donors (Lipinski definition) is 2. The van der Waals surface area contributed by atoms with E-state index in [4.69, 9.17) is 10.5 Å². The summed E-state index contributed by atoms with van der Waals surface area (Å²) < 4.78 is 5.22. The number of hydrogen-bond acceptors (Lipinski definition) is 3. The molecule has 88 valence electrons. The van der Waals surface area contributed by atoms with Gasteiger partial charge >= 0.3 is 0 Å². The molecule has 15 heavy (non-hydrogen) atoms. The van der Waals surface area contributed by atoms with Crippen molar-refractivity contribution >= 4 is 5.91 Å². The van der Waals surface area contributed by atoms with E-state index in [-0.39, 0.29) is 17.2 Å². The second kappa shape index (κ2) is 5.47. The predicted octanol–water partition coefficient (Wildman–Crippen LogP) is 0.514. The molecule has 4 nitrogen and oxygen atoms in total. The summed E-state index contributed by atoms with van der Waals surface area (Å²) in [6.07, 6.45) is 1.68. The molecule has 1 aliphatic rings. The molecule has 0 bridgehead atoms. The number of carbonyl (C=O) groups is 1. The monoisotopic (exact) mass is 214 g/mol. The third-order valence-corrected chi connectivity index (χ3v) is 2.89. The third kappa shape index (κ3) is 4.18. The maximum absolute atomic E-state index is 11.8. The molecule has 1 heterocycles. The summed E-state index contributed by atoms with van der Waals surface area (Å²) in [5, 5.41) is 2.97. The van der Waals surface area contributed by atoms with Crippen molar-refractivity contribution in [1.82, 2.24) is 5.32 Å². The molecule has 1 fully saturated rings. The van der Waals surface area contributed by atoms with Crippen LogP contribution >= 0.6 is 0 Å². The highest BCUT2D eigenvalue weighted by molar-refractivity contribution is 5.78. The third-order valence-electron chi connectivity index (χ3n) is 2.89. The van der Waals surface area contributed by atoms with Crippen molar-refractivity contribution in [2.24, 2.45) is 17.1 Å². The summed E-state index contributed by atoms with van der Waals surface area (Å²) in [5.74, 6) is 0.284. The molecule has 1 amide bonds. The Labute approximate surface area is 91.5 Å². The zero-order chi connectivity index (χ0) is 11.3. The Bertz CT molecular complexity index is 211. The molecule has 0 aliphatic carbocycles. The highest BCUT2D eigenvalue weighted by Crippen LogP contribution is 2.16. The SMILES string of the molecule is CC(C)(CN)CNC(=O)C1CCOCC1. The molecular formula is C11H22N2O2. The van der Waals surface area contributed by atoms with Crippen LogP contribution in [0.2, 0.25) is 0 Å². The van der Waals surface area contributed by atoms with Crippen molar-refractivity contribution in [2.45, 2.75) is 26.7 Å². The van der Waals surface area contributed by atoms with Gasteiger partial charge < -0.3 is 15.8 Å². The molecule has 0 spiro atoms. The smallest absolute Gasteiger partial charge is 0.223 e. The van der Waals surface area contributed by atoms with E-state index in [1.54, 1.807) is 0 Å². The maximum Gasteiger partial charge on any atom is 0.223 e. The molecule has 0 atom stereocenters. The highest BCUT2D eigenvalue weighted by atomic mass is 16.5. The van der Waals surface area contributed by atoms with Crippen molar-refractivity contribution in [3.8, 4) is 0 Å². The van der Waals surface area contributed by atoms with Gasteiger partial charge in [-0.2, -0.15) is 0 Å².